The number of rotatable bonds is 11. The maximum atomic E-state index is 12.4. The number of nitrogens with zero attached hydrogens (tertiary/aromatic N) is 2. The topological polar surface area (TPSA) is 135 Å². The van der Waals surface area contributed by atoms with Crippen molar-refractivity contribution in [1.29, 1.82) is 0 Å². The van der Waals surface area contributed by atoms with Crippen LogP contribution in [0.2, 0.25) is 0 Å². The molecule has 0 saturated heterocycles. The summed E-state index contributed by atoms with van der Waals surface area (Å²) in [5.41, 5.74) is 7.46. The Morgan fingerprint density at radius 2 is 1.93 bits per heavy atom. The zero-order chi connectivity index (χ0) is 29.5. The Hall–Kier alpha value is -3.99. The Morgan fingerprint density at radius 1 is 1.17 bits per heavy atom. The summed E-state index contributed by atoms with van der Waals surface area (Å²) in [5, 5.41) is 20.1. The molecule has 1 aromatic carbocycles. The van der Waals surface area contributed by atoms with Crippen LogP contribution in [0, 0.1) is 13.8 Å². The predicted molar refractivity (Wildman–Crippen MR) is 155 cm³/mol. The van der Waals surface area contributed by atoms with E-state index in [1.165, 1.54) is 50.6 Å². The second kappa shape index (κ2) is 13.6. The number of nitrogens with one attached hydrogen (secondary N) is 3. The number of allylic oxidation sites excluding steroid dienone is 1. The van der Waals surface area contributed by atoms with Gasteiger partial charge in [0, 0.05) is 28.7 Å². The first-order chi connectivity index (χ1) is 19.7. The number of hydrogen-bond donors (Lipinski definition) is 4. The molecular weight excluding hydrogens is 526 g/mol. The average Bonchev–Trinajstić information content (AvgIpc) is 3.24. The summed E-state index contributed by atoms with van der Waals surface area (Å²) in [5.74, 6) is 0.256. The molecule has 4 rings (SSSR count). The van der Waals surface area contributed by atoms with Crippen molar-refractivity contribution in [1.82, 2.24) is 20.6 Å². The van der Waals surface area contributed by atoms with Crippen molar-refractivity contribution in [2.24, 2.45) is 5.10 Å². The van der Waals surface area contributed by atoms with Gasteiger partial charge in [-0.25, -0.2) is 9.59 Å². The molecule has 2 heterocycles. The summed E-state index contributed by atoms with van der Waals surface area (Å²) in [6.45, 7) is 7.99. The van der Waals surface area contributed by atoms with E-state index in [2.05, 4.69) is 45.6 Å². The number of amides is 2. The highest BCUT2D eigenvalue weighted by Gasteiger charge is 2.32. The first-order valence-electron chi connectivity index (χ1n) is 14.1. The van der Waals surface area contributed by atoms with Gasteiger partial charge in [-0.15, -0.1) is 0 Å². The largest absolute Gasteiger partial charge is 0.490 e. The normalized spacial score (nSPS) is 18.6. The van der Waals surface area contributed by atoms with Crippen molar-refractivity contribution in [3.63, 3.8) is 0 Å². The lowest BCUT2D eigenvalue weighted by Gasteiger charge is -2.28. The molecular formula is C30H41N5O6. The minimum absolute atomic E-state index is 0.0889. The number of esters is 1. The smallest absolute Gasteiger partial charge is 0.337 e. The fraction of sp³-hybridized carbons (Fsp3) is 0.500. The molecule has 11 heteroatoms. The molecule has 2 amide bonds. The van der Waals surface area contributed by atoms with Crippen molar-refractivity contribution in [3.8, 4) is 11.5 Å². The molecule has 0 radical (unpaired) electrons. The number of methoxy groups -OCH3 is 1. The van der Waals surface area contributed by atoms with Crippen molar-refractivity contribution < 1.29 is 28.9 Å². The van der Waals surface area contributed by atoms with E-state index in [9.17, 15) is 14.7 Å². The van der Waals surface area contributed by atoms with Crippen LogP contribution >= 0.6 is 0 Å². The summed E-state index contributed by atoms with van der Waals surface area (Å²) in [7, 11) is 1.29. The lowest BCUT2D eigenvalue weighted by atomic mass is 9.95. The van der Waals surface area contributed by atoms with Gasteiger partial charge in [0.2, 0.25) is 0 Å². The van der Waals surface area contributed by atoms with E-state index in [0.29, 0.717) is 41.0 Å². The summed E-state index contributed by atoms with van der Waals surface area (Å²) >= 11 is 0. The number of carbonyl (C=O) groups is 2. The molecule has 41 heavy (non-hydrogen) atoms. The highest BCUT2D eigenvalue weighted by Crippen LogP contribution is 2.35. The minimum Gasteiger partial charge on any atom is -0.490 e. The number of benzene rings is 1. The molecule has 0 bridgehead atoms. The highest BCUT2D eigenvalue weighted by atomic mass is 16.5. The van der Waals surface area contributed by atoms with Gasteiger partial charge in [0.05, 0.1) is 31.5 Å². The molecule has 4 N–H and O–H groups in total. The lowest BCUT2D eigenvalue weighted by Crippen LogP contribution is -2.45. The molecule has 2 aliphatic rings. The van der Waals surface area contributed by atoms with Crippen LogP contribution in [-0.2, 0) is 9.53 Å². The van der Waals surface area contributed by atoms with E-state index in [4.69, 9.17) is 14.2 Å². The van der Waals surface area contributed by atoms with E-state index in [0.717, 1.165) is 5.56 Å². The first kappa shape index (κ1) is 30.0. The first-order valence-corrected chi connectivity index (χ1v) is 14.1. The number of urea groups is 1. The van der Waals surface area contributed by atoms with E-state index < -0.39 is 24.3 Å². The van der Waals surface area contributed by atoms with Gasteiger partial charge >= 0.3 is 12.0 Å². The Labute approximate surface area is 240 Å². The lowest BCUT2D eigenvalue weighted by molar-refractivity contribution is -0.136. The minimum atomic E-state index is -1.07. The number of hydrazone groups is 1. The summed E-state index contributed by atoms with van der Waals surface area (Å²) in [6.07, 6.45) is 6.94. The van der Waals surface area contributed by atoms with Crippen molar-refractivity contribution in [2.75, 3.05) is 20.3 Å². The Morgan fingerprint density at radius 3 is 2.63 bits per heavy atom. The van der Waals surface area contributed by atoms with Gasteiger partial charge in [-0.3, -0.25) is 5.43 Å². The third-order valence-electron chi connectivity index (χ3n) is 7.56. The molecule has 1 saturated carbocycles. The molecule has 1 aromatic heterocycles. The summed E-state index contributed by atoms with van der Waals surface area (Å²) < 4.78 is 19.0. The van der Waals surface area contributed by atoms with E-state index >= 15 is 0 Å². The molecule has 2 atom stereocenters. The third kappa shape index (κ3) is 7.02. The Kier molecular flexibility index (Phi) is 9.93. The standard InChI is InChI=1S/C30H41N5O6/c1-6-40-25-15-21(28-27(29(37)39-5)19(3)32-30(38)33-28)12-13-24(25)41-17-26(36)34-31-16-22-14-18(2)35(20(22)4)23-10-8-7-9-11-23/h12-16,23,26,28,34,36H,6-11,17H2,1-5H3,(H2,32,33,38)/b31-16-/t26-,28-/m0/s1. The van der Waals surface area contributed by atoms with Crippen LogP contribution in [0.4, 0.5) is 4.79 Å². The van der Waals surface area contributed by atoms with Gasteiger partial charge in [-0.2, -0.15) is 5.10 Å². The van der Waals surface area contributed by atoms with Crippen LogP contribution in [-0.4, -0.2) is 54.4 Å². The molecule has 2 aromatic rings. The molecule has 11 nitrogen and oxygen atoms in total. The van der Waals surface area contributed by atoms with Crippen LogP contribution < -0.4 is 25.5 Å². The van der Waals surface area contributed by atoms with Crippen LogP contribution in [0.3, 0.4) is 0 Å². The number of aromatic nitrogens is 1. The molecule has 1 aliphatic carbocycles. The van der Waals surface area contributed by atoms with Crippen molar-refractivity contribution >= 4 is 18.2 Å². The zero-order valence-electron chi connectivity index (χ0n) is 24.5. The Balaban J connectivity index is 1.41. The fourth-order valence-corrected chi connectivity index (χ4v) is 5.65. The second-order valence-electron chi connectivity index (χ2n) is 10.4. The van der Waals surface area contributed by atoms with Gasteiger partial charge in [-0.05, 0) is 64.3 Å². The van der Waals surface area contributed by atoms with Gasteiger partial charge in [0.1, 0.15) is 6.61 Å². The van der Waals surface area contributed by atoms with Crippen LogP contribution in [0.25, 0.3) is 0 Å². The summed E-state index contributed by atoms with van der Waals surface area (Å²) in [6, 6.07) is 6.61. The number of aliphatic hydroxyl groups is 1. The Bertz CT molecular complexity index is 1310. The van der Waals surface area contributed by atoms with Crippen LogP contribution in [0.5, 0.6) is 11.5 Å². The van der Waals surface area contributed by atoms with Crippen LogP contribution in [0.1, 0.15) is 80.6 Å². The number of aliphatic hydroxyl groups excluding tert-OH is 1. The van der Waals surface area contributed by atoms with E-state index in [1.807, 2.05) is 6.92 Å². The van der Waals surface area contributed by atoms with E-state index in [1.54, 1.807) is 31.3 Å². The predicted octanol–water partition coefficient (Wildman–Crippen LogP) is 4.13. The van der Waals surface area contributed by atoms with E-state index in [-0.39, 0.29) is 6.61 Å². The molecule has 0 spiro atoms. The van der Waals surface area contributed by atoms with Gasteiger partial charge in [0.25, 0.3) is 0 Å². The number of ether oxygens (including phenoxy) is 3. The highest BCUT2D eigenvalue weighted by molar-refractivity contribution is 5.95. The zero-order valence-corrected chi connectivity index (χ0v) is 24.5. The third-order valence-corrected chi connectivity index (χ3v) is 7.56. The fourth-order valence-electron chi connectivity index (χ4n) is 5.65. The SMILES string of the molecule is CCOc1cc([C@@H]2NC(=O)NC(C)=C2C(=O)OC)ccc1OC[C@H](O)N/N=C\c1cc(C)n(C2CCCCC2)c1C. The second-order valence-corrected chi connectivity index (χ2v) is 10.4. The molecule has 222 valence electrons. The molecule has 1 aliphatic heterocycles. The number of aryl methyl sites for hydroxylation is 1. The summed E-state index contributed by atoms with van der Waals surface area (Å²) in [4.78, 5) is 24.6. The maximum absolute atomic E-state index is 12.4. The molecule has 1 fully saturated rings. The average molecular weight is 568 g/mol. The van der Waals surface area contributed by atoms with Gasteiger partial charge in [-0.1, -0.05) is 25.3 Å². The number of hydrogen-bond acceptors (Lipinski definition) is 8. The quantitative estimate of drug-likeness (QED) is 0.139. The number of carbonyl (C=O) groups excluding carboxylic acids is 2. The maximum Gasteiger partial charge on any atom is 0.337 e. The van der Waals surface area contributed by atoms with Crippen molar-refractivity contribution in [3.05, 3.63) is 58.1 Å². The van der Waals surface area contributed by atoms with Gasteiger partial charge in [0.15, 0.2) is 17.7 Å². The molecule has 0 unspecified atom stereocenters. The van der Waals surface area contributed by atoms with Gasteiger partial charge < -0.3 is 34.5 Å². The van der Waals surface area contributed by atoms with Crippen molar-refractivity contribution in [2.45, 2.75) is 78.1 Å². The van der Waals surface area contributed by atoms with Crippen LogP contribution in [0.15, 0.2) is 40.6 Å². The monoisotopic (exact) mass is 567 g/mol.